The van der Waals surface area contributed by atoms with Crippen molar-refractivity contribution in [2.75, 3.05) is 0 Å². The molecule has 0 unspecified atom stereocenters. The van der Waals surface area contributed by atoms with Crippen molar-refractivity contribution in [3.05, 3.63) is 96.1 Å². The molecule has 0 spiro atoms. The van der Waals surface area contributed by atoms with E-state index in [-0.39, 0.29) is 114 Å². The molecule has 0 fully saturated rings. The fraction of sp³-hybridized carbons (Fsp3) is 0. The van der Waals surface area contributed by atoms with Crippen molar-refractivity contribution in [2.45, 2.75) is 0 Å². The second-order valence-electron chi connectivity index (χ2n) is 5.70. The Kier molecular flexibility index (Phi) is 11.3. The van der Waals surface area contributed by atoms with Gasteiger partial charge in [-0.25, -0.2) is 0 Å². The van der Waals surface area contributed by atoms with E-state index in [1.54, 1.807) is 36.4 Å². The van der Waals surface area contributed by atoms with E-state index < -0.39 is 11.9 Å². The predicted molar refractivity (Wildman–Crippen MR) is 96.6 cm³/mol. The number of carboxylic acid groups (broad SMARTS) is 2. The van der Waals surface area contributed by atoms with Crippen LogP contribution in [0.5, 0.6) is 0 Å². The van der Waals surface area contributed by atoms with Gasteiger partial charge in [-0.2, -0.15) is 0 Å². The van der Waals surface area contributed by atoms with Gasteiger partial charge in [-0.15, -0.1) is 0 Å². The van der Waals surface area contributed by atoms with Gasteiger partial charge in [0.05, 0.1) is 11.9 Å². The zero-order chi connectivity index (χ0) is 18.5. The van der Waals surface area contributed by atoms with Crippen molar-refractivity contribution in [1.82, 2.24) is 0 Å². The smallest absolute Gasteiger partial charge is 0.545 e. The fourth-order valence-electron chi connectivity index (χ4n) is 2.63. The van der Waals surface area contributed by atoms with Crippen molar-refractivity contribution in [3.63, 3.8) is 0 Å². The standard InChI is InChI=1S/2C11H8O2.2K/c2*12-11(13)10-6-5-8-3-1-2-4-9(8)7-10;;/h2*1-7H,(H,12,13);;/q;;2*+1/p-2. The Bertz CT molecular complexity index is 1020. The van der Waals surface area contributed by atoms with Crippen molar-refractivity contribution in [1.29, 1.82) is 0 Å². The molecule has 0 atom stereocenters. The molecule has 4 aromatic rings. The molecule has 0 saturated carbocycles. The van der Waals surface area contributed by atoms with Gasteiger partial charge in [0.1, 0.15) is 0 Å². The molecular weight excluding hydrogens is 406 g/mol. The average molecular weight is 421 g/mol. The van der Waals surface area contributed by atoms with Gasteiger partial charge >= 0.3 is 103 Å². The van der Waals surface area contributed by atoms with Gasteiger partial charge in [0.2, 0.25) is 0 Å². The van der Waals surface area contributed by atoms with E-state index in [0.717, 1.165) is 21.5 Å². The minimum Gasteiger partial charge on any atom is -0.545 e. The van der Waals surface area contributed by atoms with Crippen molar-refractivity contribution >= 4 is 33.5 Å². The molecule has 0 saturated heterocycles. The van der Waals surface area contributed by atoms with E-state index in [9.17, 15) is 19.8 Å². The van der Waals surface area contributed by atoms with Gasteiger partial charge in [-0.1, -0.05) is 72.8 Å². The second-order valence-corrected chi connectivity index (χ2v) is 5.70. The van der Waals surface area contributed by atoms with E-state index in [0.29, 0.717) is 0 Å². The van der Waals surface area contributed by atoms with Crippen LogP contribution in [0.1, 0.15) is 20.7 Å². The summed E-state index contributed by atoms with van der Waals surface area (Å²) in [6.07, 6.45) is 0. The molecule has 0 bridgehead atoms. The summed E-state index contributed by atoms with van der Waals surface area (Å²) >= 11 is 0. The molecule has 128 valence electrons. The van der Waals surface area contributed by atoms with E-state index in [1.807, 2.05) is 48.5 Å². The maximum atomic E-state index is 10.5. The third-order valence-electron chi connectivity index (χ3n) is 3.97. The van der Waals surface area contributed by atoms with Crippen LogP contribution in [0.4, 0.5) is 0 Å². The van der Waals surface area contributed by atoms with Crippen LogP contribution in [0.15, 0.2) is 84.9 Å². The van der Waals surface area contributed by atoms with Gasteiger partial charge in [-0.05, 0) is 44.8 Å². The first-order valence-electron chi connectivity index (χ1n) is 7.95. The van der Waals surface area contributed by atoms with Crippen molar-refractivity contribution in [2.24, 2.45) is 0 Å². The van der Waals surface area contributed by atoms with Crippen LogP contribution in [-0.4, -0.2) is 11.9 Å². The first-order chi connectivity index (χ1) is 12.5. The molecule has 0 N–H and O–H groups in total. The zero-order valence-electron chi connectivity index (χ0n) is 15.7. The summed E-state index contributed by atoms with van der Waals surface area (Å²) in [6.45, 7) is 0. The van der Waals surface area contributed by atoms with Crippen LogP contribution >= 0.6 is 0 Å². The predicted octanol–water partition coefficient (Wildman–Crippen LogP) is -3.59. The summed E-state index contributed by atoms with van der Waals surface area (Å²) in [7, 11) is 0. The summed E-state index contributed by atoms with van der Waals surface area (Å²) in [4.78, 5) is 21.1. The van der Waals surface area contributed by atoms with Gasteiger partial charge < -0.3 is 19.8 Å². The van der Waals surface area contributed by atoms with Gasteiger partial charge in [0.25, 0.3) is 0 Å². The largest absolute Gasteiger partial charge is 1.00 e. The maximum absolute atomic E-state index is 10.5. The molecule has 0 radical (unpaired) electrons. The molecule has 4 aromatic carbocycles. The molecule has 28 heavy (non-hydrogen) atoms. The zero-order valence-corrected chi connectivity index (χ0v) is 22.0. The van der Waals surface area contributed by atoms with Crippen LogP contribution in [0.2, 0.25) is 0 Å². The Morgan fingerprint density at radius 1 is 0.500 bits per heavy atom. The van der Waals surface area contributed by atoms with Crippen molar-refractivity contribution in [3.8, 4) is 0 Å². The van der Waals surface area contributed by atoms with Crippen LogP contribution in [0.3, 0.4) is 0 Å². The minimum absolute atomic E-state index is 0. The number of aromatic carboxylic acids is 2. The normalized spacial score (nSPS) is 9.43. The number of fused-ring (bicyclic) bond motifs is 2. The number of benzene rings is 4. The number of carbonyl (C=O) groups is 2. The summed E-state index contributed by atoms with van der Waals surface area (Å²) < 4.78 is 0. The minimum atomic E-state index is -1.13. The molecule has 0 aliphatic carbocycles. The summed E-state index contributed by atoms with van der Waals surface area (Å²) in [5.74, 6) is -2.27. The molecule has 0 aromatic heterocycles. The van der Waals surface area contributed by atoms with Gasteiger partial charge in [0.15, 0.2) is 0 Å². The van der Waals surface area contributed by atoms with Crippen molar-refractivity contribution < 1.29 is 123 Å². The topological polar surface area (TPSA) is 80.3 Å². The van der Waals surface area contributed by atoms with Crippen LogP contribution in [0, 0.1) is 0 Å². The Morgan fingerprint density at radius 2 is 0.821 bits per heavy atom. The first-order valence-corrected chi connectivity index (χ1v) is 7.95. The van der Waals surface area contributed by atoms with E-state index >= 15 is 0 Å². The third kappa shape index (κ3) is 6.84. The quantitative estimate of drug-likeness (QED) is 0.314. The average Bonchev–Trinajstić information content (AvgIpc) is 2.67. The van der Waals surface area contributed by atoms with Crippen LogP contribution < -0.4 is 113 Å². The molecule has 4 nitrogen and oxygen atoms in total. The van der Waals surface area contributed by atoms with E-state index in [1.165, 1.54) is 0 Å². The number of carbonyl (C=O) groups excluding carboxylic acids is 2. The monoisotopic (exact) mass is 420 g/mol. The van der Waals surface area contributed by atoms with Crippen LogP contribution in [0.25, 0.3) is 21.5 Å². The third-order valence-corrected chi connectivity index (χ3v) is 3.97. The molecule has 0 aliphatic heterocycles. The Hall–Kier alpha value is -0.387. The summed E-state index contributed by atoms with van der Waals surface area (Å²) in [6, 6.07) is 25.1. The molecule has 0 heterocycles. The molecular formula is C22H14K2O4. The first kappa shape index (κ1) is 25.6. The van der Waals surface area contributed by atoms with E-state index in [2.05, 4.69) is 0 Å². The molecule has 6 heteroatoms. The number of hydrogen-bond acceptors (Lipinski definition) is 4. The maximum Gasteiger partial charge on any atom is 1.00 e. The van der Waals surface area contributed by atoms with E-state index in [4.69, 9.17) is 0 Å². The Balaban J connectivity index is 0.000000261. The second kappa shape index (κ2) is 12.3. The van der Waals surface area contributed by atoms with Gasteiger partial charge in [0, 0.05) is 0 Å². The molecule has 4 rings (SSSR count). The number of rotatable bonds is 2. The summed E-state index contributed by atoms with van der Waals surface area (Å²) in [5, 5.41) is 25.0. The van der Waals surface area contributed by atoms with Crippen LogP contribution in [-0.2, 0) is 0 Å². The Morgan fingerprint density at radius 3 is 1.14 bits per heavy atom. The van der Waals surface area contributed by atoms with Gasteiger partial charge in [-0.3, -0.25) is 0 Å². The number of carboxylic acids is 2. The number of hydrogen-bond donors (Lipinski definition) is 0. The SMILES string of the molecule is O=C([O-])c1ccc2ccccc2c1.O=C([O-])c1ccc2ccccc2c1.[K+].[K+]. The summed E-state index contributed by atoms with van der Waals surface area (Å²) in [5.41, 5.74) is 0.442. The molecule has 0 amide bonds. The Labute approximate surface area is 247 Å². The molecule has 0 aliphatic rings. The fourth-order valence-corrected chi connectivity index (χ4v) is 2.63.